The van der Waals surface area contributed by atoms with E-state index in [1.807, 2.05) is 0 Å². The van der Waals surface area contributed by atoms with Crippen LogP contribution in [-0.2, 0) is 18.4 Å². The highest BCUT2D eigenvalue weighted by Crippen LogP contribution is 2.42. The molecular weight excluding hydrogens is 326 g/mol. The molecular formula is C26H32N+. The van der Waals surface area contributed by atoms with Crippen molar-refractivity contribution < 1.29 is 4.57 Å². The molecule has 27 heavy (non-hydrogen) atoms. The molecule has 1 nitrogen and oxygen atoms in total. The quantitative estimate of drug-likeness (QED) is 0.483. The normalized spacial score (nSPS) is 14.8. The lowest BCUT2D eigenvalue weighted by Crippen LogP contribution is -2.51. The van der Waals surface area contributed by atoms with Crippen molar-refractivity contribution in [3.05, 3.63) is 65.2 Å². The Labute approximate surface area is 164 Å². The second-order valence-corrected chi connectivity index (χ2v) is 9.55. The molecule has 1 aliphatic heterocycles. The summed E-state index contributed by atoms with van der Waals surface area (Å²) in [6.07, 6.45) is 2.29. The Hall–Kier alpha value is -2.15. The Morgan fingerprint density at radius 3 is 2.26 bits per heavy atom. The van der Waals surface area contributed by atoms with Gasteiger partial charge >= 0.3 is 0 Å². The van der Waals surface area contributed by atoms with Crippen LogP contribution in [-0.4, -0.2) is 0 Å². The van der Waals surface area contributed by atoms with Crippen molar-refractivity contribution in [2.45, 2.75) is 59.9 Å². The maximum atomic E-state index is 2.57. The fraction of sp³-hybridized carbons (Fsp3) is 0.423. The van der Waals surface area contributed by atoms with Crippen LogP contribution in [0.2, 0.25) is 0 Å². The van der Waals surface area contributed by atoms with Gasteiger partial charge in [-0.2, -0.15) is 4.57 Å². The molecule has 2 heterocycles. The van der Waals surface area contributed by atoms with Crippen molar-refractivity contribution in [1.82, 2.24) is 0 Å². The summed E-state index contributed by atoms with van der Waals surface area (Å²) in [5.74, 6) is 1.33. The fourth-order valence-corrected chi connectivity index (χ4v) is 5.01. The summed E-state index contributed by atoms with van der Waals surface area (Å²) in [6, 6.07) is 18.4. The van der Waals surface area contributed by atoms with E-state index >= 15 is 0 Å². The van der Waals surface area contributed by atoms with Crippen LogP contribution in [0.15, 0.2) is 48.5 Å². The van der Waals surface area contributed by atoms with E-state index < -0.39 is 0 Å². The molecule has 0 atom stereocenters. The molecule has 140 valence electrons. The Morgan fingerprint density at radius 2 is 1.56 bits per heavy atom. The average Bonchev–Trinajstić information content (AvgIpc) is 2.81. The van der Waals surface area contributed by atoms with Crippen molar-refractivity contribution in [2.24, 2.45) is 11.8 Å². The molecule has 0 N–H and O–H groups in total. The number of hydrogen-bond donors (Lipinski definition) is 0. The SMILES string of the molecule is CC(C)Cc1cc(CC(C)C)c2c(c1)-c1ccc3ccccc3[n+]1C2(C)C. The maximum Gasteiger partial charge on any atom is 0.214 e. The molecule has 0 fully saturated rings. The van der Waals surface area contributed by atoms with Crippen molar-refractivity contribution >= 4 is 10.9 Å². The number of rotatable bonds is 4. The molecule has 0 saturated heterocycles. The Bertz CT molecular complexity index is 1010. The summed E-state index contributed by atoms with van der Waals surface area (Å²) in [5.41, 5.74) is 8.65. The number of pyridine rings is 1. The molecule has 0 spiro atoms. The molecule has 3 aromatic rings. The van der Waals surface area contributed by atoms with Gasteiger partial charge in [-0.05, 0) is 54.0 Å². The van der Waals surface area contributed by atoms with Gasteiger partial charge in [0.2, 0.25) is 11.2 Å². The molecule has 0 aliphatic carbocycles. The van der Waals surface area contributed by atoms with E-state index in [1.54, 1.807) is 0 Å². The van der Waals surface area contributed by atoms with Crippen LogP contribution in [0.3, 0.4) is 0 Å². The summed E-state index contributed by atoms with van der Waals surface area (Å²) in [4.78, 5) is 0. The average molecular weight is 359 g/mol. The van der Waals surface area contributed by atoms with Crippen molar-refractivity contribution in [3.8, 4) is 11.3 Å². The van der Waals surface area contributed by atoms with E-state index in [0.717, 1.165) is 12.8 Å². The first-order chi connectivity index (χ1) is 12.8. The second kappa shape index (κ2) is 6.48. The van der Waals surface area contributed by atoms with E-state index in [4.69, 9.17) is 0 Å². The van der Waals surface area contributed by atoms with Gasteiger partial charge in [-0.3, -0.25) is 0 Å². The van der Waals surface area contributed by atoms with Crippen LogP contribution >= 0.6 is 0 Å². The molecule has 0 radical (unpaired) electrons. The molecule has 2 aromatic carbocycles. The zero-order valence-corrected chi connectivity index (χ0v) is 17.6. The van der Waals surface area contributed by atoms with E-state index in [1.165, 1.54) is 38.9 Å². The van der Waals surface area contributed by atoms with Gasteiger partial charge in [-0.15, -0.1) is 0 Å². The number of aromatic nitrogens is 1. The zero-order valence-electron chi connectivity index (χ0n) is 17.6. The number of para-hydroxylation sites is 1. The largest absolute Gasteiger partial charge is 0.214 e. The van der Waals surface area contributed by atoms with E-state index in [-0.39, 0.29) is 5.54 Å². The molecule has 1 heteroatoms. The van der Waals surface area contributed by atoms with Gasteiger partial charge in [0.25, 0.3) is 0 Å². The first-order valence-electron chi connectivity index (χ1n) is 10.4. The van der Waals surface area contributed by atoms with Crippen LogP contribution in [0.4, 0.5) is 0 Å². The first-order valence-corrected chi connectivity index (χ1v) is 10.4. The lowest BCUT2D eigenvalue weighted by molar-refractivity contribution is -0.707. The maximum absolute atomic E-state index is 2.57. The summed E-state index contributed by atoms with van der Waals surface area (Å²) in [5, 5.41) is 1.31. The van der Waals surface area contributed by atoms with Gasteiger partial charge in [0, 0.05) is 36.9 Å². The van der Waals surface area contributed by atoms with Crippen LogP contribution in [0.1, 0.15) is 58.2 Å². The predicted molar refractivity (Wildman–Crippen MR) is 115 cm³/mol. The Balaban J connectivity index is 2.03. The van der Waals surface area contributed by atoms with Crippen molar-refractivity contribution in [1.29, 1.82) is 0 Å². The van der Waals surface area contributed by atoms with Crippen LogP contribution in [0, 0.1) is 11.8 Å². The number of hydrogen-bond acceptors (Lipinski definition) is 0. The lowest BCUT2D eigenvalue weighted by atomic mass is 9.83. The van der Waals surface area contributed by atoms with Gasteiger partial charge in [0.05, 0.1) is 5.56 Å². The third-order valence-electron chi connectivity index (χ3n) is 5.84. The fourth-order valence-electron chi connectivity index (χ4n) is 5.01. The summed E-state index contributed by atoms with van der Waals surface area (Å²) >= 11 is 0. The zero-order chi connectivity index (χ0) is 19.3. The molecule has 0 bridgehead atoms. The van der Waals surface area contributed by atoms with Crippen LogP contribution in [0.25, 0.3) is 22.2 Å². The Kier molecular flexibility index (Phi) is 4.37. The summed E-state index contributed by atoms with van der Waals surface area (Å²) in [7, 11) is 0. The smallest absolute Gasteiger partial charge is 0.182 e. The topological polar surface area (TPSA) is 3.88 Å². The summed E-state index contributed by atoms with van der Waals surface area (Å²) in [6.45, 7) is 14.1. The highest BCUT2D eigenvalue weighted by atomic mass is 15.1. The standard InChI is InChI=1S/C26H32N/c1-17(2)13-19-15-21(14-18(3)4)25-22(16-19)24-12-11-20-9-7-8-10-23(20)27(24)26(25,5)6/h7-12,15-18H,13-14H2,1-6H3/q+1. The van der Waals surface area contributed by atoms with Crippen LogP contribution < -0.4 is 4.57 Å². The van der Waals surface area contributed by atoms with Crippen molar-refractivity contribution in [2.75, 3.05) is 0 Å². The van der Waals surface area contributed by atoms with Gasteiger partial charge < -0.3 is 0 Å². The predicted octanol–water partition coefficient (Wildman–Crippen LogP) is 6.29. The van der Waals surface area contributed by atoms with E-state index in [2.05, 4.69) is 94.6 Å². The molecule has 0 amide bonds. The van der Waals surface area contributed by atoms with Gasteiger partial charge in [0.15, 0.2) is 5.54 Å². The number of nitrogens with zero attached hydrogens (tertiary/aromatic N) is 1. The van der Waals surface area contributed by atoms with Gasteiger partial charge in [-0.1, -0.05) is 45.9 Å². The minimum absolute atomic E-state index is 0.0356. The molecule has 4 rings (SSSR count). The highest BCUT2D eigenvalue weighted by Gasteiger charge is 2.46. The number of benzene rings is 2. The molecule has 1 aromatic heterocycles. The molecule has 0 saturated carbocycles. The van der Waals surface area contributed by atoms with E-state index in [0.29, 0.717) is 11.8 Å². The first kappa shape index (κ1) is 18.2. The van der Waals surface area contributed by atoms with Gasteiger partial charge in [-0.25, -0.2) is 0 Å². The minimum atomic E-state index is -0.0356. The van der Waals surface area contributed by atoms with Crippen molar-refractivity contribution in [3.63, 3.8) is 0 Å². The second-order valence-electron chi connectivity index (χ2n) is 9.55. The molecule has 1 aliphatic rings. The van der Waals surface area contributed by atoms with Gasteiger partial charge in [0.1, 0.15) is 0 Å². The highest BCUT2D eigenvalue weighted by molar-refractivity contribution is 5.80. The Morgan fingerprint density at radius 1 is 0.852 bits per heavy atom. The van der Waals surface area contributed by atoms with E-state index in [9.17, 15) is 0 Å². The third kappa shape index (κ3) is 2.98. The monoisotopic (exact) mass is 358 g/mol. The molecule has 0 unspecified atom stereocenters. The summed E-state index contributed by atoms with van der Waals surface area (Å²) < 4.78 is 2.57. The third-order valence-corrected chi connectivity index (χ3v) is 5.84. The minimum Gasteiger partial charge on any atom is -0.182 e. The lowest BCUT2D eigenvalue weighted by Gasteiger charge is -2.21. The van der Waals surface area contributed by atoms with Crippen LogP contribution in [0.5, 0.6) is 0 Å². The number of fused-ring (bicyclic) bond motifs is 5.